The number of likely N-dealkylation sites (tertiary alicyclic amines) is 1. The van der Waals surface area contributed by atoms with E-state index in [0.29, 0.717) is 5.91 Å². The summed E-state index contributed by atoms with van der Waals surface area (Å²) in [6, 6.07) is 8.06. The van der Waals surface area contributed by atoms with E-state index >= 15 is 0 Å². The van der Waals surface area contributed by atoms with Gasteiger partial charge in [0, 0.05) is 18.1 Å². The van der Waals surface area contributed by atoms with Crippen molar-refractivity contribution in [2.24, 2.45) is 11.8 Å². The van der Waals surface area contributed by atoms with Crippen molar-refractivity contribution in [3.8, 4) is 0 Å². The van der Waals surface area contributed by atoms with Crippen LogP contribution in [0.5, 0.6) is 0 Å². The molecule has 2 heterocycles. The van der Waals surface area contributed by atoms with Crippen molar-refractivity contribution < 1.29 is 4.79 Å². The molecule has 3 fully saturated rings. The van der Waals surface area contributed by atoms with Gasteiger partial charge in [-0.25, -0.2) is 0 Å². The second-order valence-corrected chi connectivity index (χ2v) is 8.63. The van der Waals surface area contributed by atoms with Crippen molar-refractivity contribution in [2.75, 3.05) is 26.2 Å². The Morgan fingerprint density at radius 3 is 2.15 bits per heavy atom. The maximum Gasteiger partial charge on any atom is 0.233 e. The Balaban J connectivity index is 0.00000196. The molecule has 0 radical (unpaired) electrons. The molecule has 26 heavy (non-hydrogen) atoms. The Morgan fingerprint density at radius 2 is 1.58 bits per heavy atom. The molecule has 3 nitrogen and oxygen atoms in total. The van der Waals surface area contributed by atoms with E-state index in [2.05, 4.69) is 22.3 Å². The lowest BCUT2D eigenvalue weighted by molar-refractivity contribution is -0.139. The number of hydrogen-bond donors (Lipinski definition) is 1. The van der Waals surface area contributed by atoms with Crippen LogP contribution < -0.4 is 5.32 Å². The third kappa shape index (κ3) is 3.76. The molecule has 0 aromatic heterocycles. The second-order valence-electron chi connectivity index (χ2n) is 8.20. The molecule has 2 aliphatic heterocycles. The van der Waals surface area contributed by atoms with Gasteiger partial charge in [-0.2, -0.15) is 0 Å². The predicted octanol–water partition coefficient (Wildman–Crippen LogP) is 4.42. The summed E-state index contributed by atoms with van der Waals surface area (Å²) in [6.45, 7) is 4.12. The predicted molar refractivity (Wildman–Crippen MR) is 109 cm³/mol. The van der Waals surface area contributed by atoms with Crippen LogP contribution in [0.1, 0.15) is 50.5 Å². The van der Waals surface area contributed by atoms with Crippen LogP contribution in [-0.4, -0.2) is 37.0 Å². The van der Waals surface area contributed by atoms with Crippen LogP contribution in [0.15, 0.2) is 24.3 Å². The fourth-order valence-corrected chi connectivity index (χ4v) is 5.40. The molecule has 2 atom stereocenters. The molecule has 1 saturated carbocycles. The molecule has 1 aliphatic carbocycles. The van der Waals surface area contributed by atoms with Crippen molar-refractivity contribution in [3.05, 3.63) is 34.9 Å². The molecule has 1 aromatic rings. The molecule has 4 rings (SSSR count). The number of fused-ring (bicyclic) bond motifs is 1. The van der Waals surface area contributed by atoms with Crippen LogP contribution in [-0.2, 0) is 10.2 Å². The first-order valence-corrected chi connectivity index (χ1v) is 10.3. The van der Waals surface area contributed by atoms with Crippen molar-refractivity contribution >= 4 is 29.9 Å². The molecule has 0 bridgehead atoms. The van der Waals surface area contributed by atoms with Gasteiger partial charge < -0.3 is 10.2 Å². The number of halogens is 2. The van der Waals surface area contributed by atoms with Crippen LogP contribution in [0, 0.1) is 11.8 Å². The number of carbonyl (C=O) groups excluding carboxylic acids is 1. The summed E-state index contributed by atoms with van der Waals surface area (Å²) >= 11 is 6.10. The lowest BCUT2D eigenvalue weighted by atomic mass is 9.68. The number of benzene rings is 1. The lowest BCUT2D eigenvalue weighted by Gasteiger charge is -2.40. The Labute approximate surface area is 168 Å². The van der Waals surface area contributed by atoms with E-state index in [-0.39, 0.29) is 17.8 Å². The summed E-state index contributed by atoms with van der Waals surface area (Å²) < 4.78 is 0. The van der Waals surface area contributed by atoms with E-state index in [9.17, 15) is 4.79 Å². The van der Waals surface area contributed by atoms with Gasteiger partial charge in [0.15, 0.2) is 0 Å². The van der Waals surface area contributed by atoms with Gasteiger partial charge in [-0.05, 0) is 68.3 Å². The topological polar surface area (TPSA) is 32.3 Å². The average Bonchev–Trinajstić information content (AvgIpc) is 3.01. The van der Waals surface area contributed by atoms with E-state index in [0.717, 1.165) is 81.6 Å². The zero-order chi connectivity index (χ0) is 17.3. The van der Waals surface area contributed by atoms with Crippen molar-refractivity contribution in [1.82, 2.24) is 10.2 Å². The minimum atomic E-state index is -0.319. The molecule has 5 heteroatoms. The van der Waals surface area contributed by atoms with Crippen molar-refractivity contribution in [3.63, 3.8) is 0 Å². The summed E-state index contributed by atoms with van der Waals surface area (Å²) in [5.41, 5.74) is 0.855. The van der Waals surface area contributed by atoms with Crippen LogP contribution in [0.3, 0.4) is 0 Å². The minimum Gasteiger partial charge on any atom is -0.342 e. The second kappa shape index (κ2) is 8.50. The van der Waals surface area contributed by atoms with E-state index in [4.69, 9.17) is 11.6 Å². The standard InChI is InChI=1S/C21H29ClN2O.ClH/c22-19-6-4-18(5-7-19)21(10-2-1-3-11-21)20(25)24-12-8-16-14-23-15-17(16)9-13-24;/h4-7,16-17,23H,1-3,8-15H2;1H/t16-,17+;. The molecule has 0 spiro atoms. The quantitative estimate of drug-likeness (QED) is 0.801. The third-order valence-corrected chi connectivity index (χ3v) is 7.07. The van der Waals surface area contributed by atoms with Gasteiger partial charge in [0.05, 0.1) is 5.41 Å². The Bertz CT molecular complexity index is 599. The Hall–Kier alpha value is -0.770. The largest absolute Gasteiger partial charge is 0.342 e. The molecule has 1 aromatic carbocycles. The molecule has 3 aliphatic rings. The third-order valence-electron chi connectivity index (χ3n) is 6.82. The average molecular weight is 397 g/mol. The van der Waals surface area contributed by atoms with E-state index in [1.165, 1.54) is 12.0 Å². The number of amides is 1. The van der Waals surface area contributed by atoms with Gasteiger partial charge >= 0.3 is 0 Å². The van der Waals surface area contributed by atoms with Crippen LogP contribution in [0.4, 0.5) is 0 Å². The smallest absolute Gasteiger partial charge is 0.233 e. The summed E-state index contributed by atoms with van der Waals surface area (Å²) in [5, 5.41) is 4.27. The fraction of sp³-hybridized carbons (Fsp3) is 0.667. The van der Waals surface area contributed by atoms with Crippen LogP contribution in [0.25, 0.3) is 0 Å². The highest BCUT2D eigenvalue weighted by Gasteiger charge is 2.44. The van der Waals surface area contributed by atoms with Gasteiger partial charge in [-0.15, -0.1) is 12.4 Å². The molecule has 2 saturated heterocycles. The summed E-state index contributed by atoms with van der Waals surface area (Å²) in [4.78, 5) is 15.9. The van der Waals surface area contributed by atoms with Gasteiger partial charge in [0.2, 0.25) is 5.91 Å². The molecule has 1 amide bonds. The SMILES string of the molecule is Cl.O=C(N1CC[C@@H]2CNC[C@@H]2CC1)C1(c2ccc(Cl)cc2)CCCCC1. The van der Waals surface area contributed by atoms with E-state index in [1.807, 2.05) is 12.1 Å². The molecule has 144 valence electrons. The van der Waals surface area contributed by atoms with Crippen molar-refractivity contribution in [2.45, 2.75) is 50.4 Å². The van der Waals surface area contributed by atoms with E-state index < -0.39 is 0 Å². The zero-order valence-electron chi connectivity index (χ0n) is 15.4. The van der Waals surface area contributed by atoms with Crippen LogP contribution in [0.2, 0.25) is 5.02 Å². The highest BCUT2D eigenvalue weighted by Crippen LogP contribution is 2.42. The number of nitrogens with zero attached hydrogens (tertiary/aromatic N) is 1. The lowest BCUT2D eigenvalue weighted by Crippen LogP contribution is -2.48. The van der Waals surface area contributed by atoms with Gasteiger partial charge in [-0.1, -0.05) is 43.0 Å². The highest BCUT2D eigenvalue weighted by atomic mass is 35.5. The minimum absolute atomic E-state index is 0. The first kappa shape index (κ1) is 20.0. The number of carbonyl (C=O) groups is 1. The number of hydrogen-bond acceptors (Lipinski definition) is 2. The molecule has 1 N–H and O–H groups in total. The van der Waals surface area contributed by atoms with Gasteiger partial charge in [0.25, 0.3) is 0 Å². The maximum atomic E-state index is 13.7. The summed E-state index contributed by atoms with van der Waals surface area (Å²) in [7, 11) is 0. The van der Waals surface area contributed by atoms with Crippen molar-refractivity contribution in [1.29, 1.82) is 0 Å². The normalized spacial score (nSPS) is 28.0. The number of rotatable bonds is 2. The first-order chi connectivity index (χ1) is 12.2. The van der Waals surface area contributed by atoms with E-state index in [1.54, 1.807) is 0 Å². The maximum absolute atomic E-state index is 13.7. The van der Waals surface area contributed by atoms with Crippen LogP contribution >= 0.6 is 24.0 Å². The van der Waals surface area contributed by atoms with Gasteiger partial charge in [0.1, 0.15) is 0 Å². The first-order valence-electron chi connectivity index (χ1n) is 9.95. The Morgan fingerprint density at radius 1 is 1.00 bits per heavy atom. The number of nitrogens with one attached hydrogen (secondary N) is 1. The summed E-state index contributed by atoms with van der Waals surface area (Å²) in [5.74, 6) is 1.90. The highest BCUT2D eigenvalue weighted by molar-refractivity contribution is 6.30. The Kier molecular flexibility index (Phi) is 6.53. The monoisotopic (exact) mass is 396 g/mol. The molecular formula is C21H30Cl2N2O. The fourth-order valence-electron chi connectivity index (χ4n) is 5.27. The zero-order valence-corrected chi connectivity index (χ0v) is 17.0. The summed E-state index contributed by atoms with van der Waals surface area (Å²) in [6.07, 6.45) is 7.82. The molecular weight excluding hydrogens is 367 g/mol. The molecule has 0 unspecified atom stereocenters. The van der Waals surface area contributed by atoms with Gasteiger partial charge in [-0.3, -0.25) is 4.79 Å².